The average Bonchev–Trinajstić information content (AvgIpc) is 4.21. The molecule has 0 aromatic heterocycles. The SMILES string of the molecule is CN(C)c1ccc2c(c1)SC(=N)N1CCCN=C21.N=C1Sc2cc(F)ccc2C2=NCCCN12.N=C1Sc2ccc(Cl)cc2C2=NCCCN12.N=C1Sc2ccc(Cl)cc2C2=NCCN12.N=C1Sc2ccccc2C2=NCCN12. The maximum atomic E-state index is 13.1. The van der Waals surface area contributed by atoms with E-state index in [-0.39, 0.29) is 5.82 Å². The van der Waals surface area contributed by atoms with Crippen molar-refractivity contribution in [3.63, 3.8) is 0 Å². The number of rotatable bonds is 1. The number of amidine groups is 10. The van der Waals surface area contributed by atoms with Crippen LogP contribution in [0.15, 0.2) is 147 Å². The third kappa shape index (κ3) is 11.6. The van der Waals surface area contributed by atoms with E-state index in [1.807, 2.05) is 93.2 Å². The molecule has 0 unspecified atom stereocenters. The van der Waals surface area contributed by atoms with E-state index >= 15 is 0 Å². The predicted molar refractivity (Wildman–Crippen MR) is 329 cm³/mol. The smallest absolute Gasteiger partial charge is 0.167 e. The fourth-order valence-corrected chi connectivity index (χ4v) is 14.7. The molecule has 10 aliphatic heterocycles. The Morgan fingerprint density at radius 2 is 0.772 bits per heavy atom. The molecule has 0 fully saturated rings. The van der Waals surface area contributed by atoms with Crippen LogP contribution in [-0.2, 0) is 0 Å². The highest BCUT2D eigenvalue weighted by Gasteiger charge is 2.34. The molecule has 0 saturated carbocycles. The molecule has 16 nitrogen and oxygen atoms in total. The Kier molecular flexibility index (Phi) is 16.6. The van der Waals surface area contributed by atoms with Gasteiger partial charge in [-0.25, -0.2) is 4.39 Å². The molecule has 404 valence electrons. The minimum absolute atomic E-state index is 0.260. The second kappa shape index (κ2) is 23.9. The van der Waals surface area contributed by atoms with E-state index in [0.717, 1.165) is 165 Å². The molecule has 0 bridgehead atoms. The molecule has 0 saturated heterocycles. The number of nitrogens with one attached hydrogen (secondary N) is 5. The topological polar surface area (TPSA) is 200 Å². The third-order valence-corrected chi connectivity index (χ3v) is 18.9. The monoisotopic (exact) mass is 1190 g/mol. The molecule has 0 spiro atoms. The molecule has 0 aliphatic carbocycles. The first kappa shape index (κ1) is 54.8. The molecular weight excluding hydrogens is 1130 g/mol. The summed E-state index contributed by atoms with van der Waals surface area (Å²) in [6.07, 6.45) is 3.03. The van der Waals surface area contributed by atoms with Gasteiger partial charge in [0.2, 0.25) is 0 Å². The first-order valence-electron chi connectivity index (χ1n) is 25.5. The van der Waals surface area contributed by atoms with Crippen LogP contribution in [0.4, 0.5) is 10.1 Å². The van der Waals surface area contributed by atoms with E-state index in [4.69, 9.17) is 50.2 Å². The molecule has 0 radical (unpaired) electrons. The highest BCUT2D eigenvalue weighted by Crippen LogP contribution is 2.39. The number of halogens is 3. The van der Waals surface area contributed by atoms with Gasteiger partial charge in [-0.1, -0.05) is 100 Å². The van der Waals surface area contributed by atoms with Crippen molar-refractivity contribution in [3.05, 3.63) is 141 Å². The summed E-state index contributed by atoms with van der Waals surface area (Å²) in [6, 6.07) is 30.7. The minimum atomic E-state index is -0.260. The van der Waals surface area contributed by atoms with E-state index in [1.165, 1.54) is 87.8 Å². The van der Waals surface area contributed by atoms with Crippen LogP contribution in [0, 0.1) is 32.9 Å². The van der Waals surface area contributed by atoms with Crippen LogP contribution in [0.5, 0.6) is 0 Å². The van der Waals surface area contributed by atoms with E-state index in [1.54, 1.807) is 6.07 Å². The summed E-state index contributed by atoms with van der Waals surface area (Å²) >= 11 is 19.3. The molecule has 24 heteroatoms. The van der Waals surface area contributed by atoms with Crippen molar-refractivity contribution < 1.29 is 4.39 Å². The highest BCUT2D eigenvalue weighted by atomic mass is 35.5. The molecule has 10 aliphatic rings. The third-order valence-electron chi connectivity index (χ3n) is 13.5. The molecule has 15 rings (SSSR count). The van der Waals surface area contributed by atoms with Crippen molar-refractivity contribution in [1.29, 1.82) is 27.0 Å². The van der Waals surface area contributed by atoms with Gasteiger partial charge in [-0.2, -0.15) is 0 Å². The lowest BCUT2D eigenvalue weighted by molar-refractivity contribution is 0.551. The van der Waals surface area contributed by atoms with Gasteiger partial charge < -0.3 is 29.4 Å². The van der Waals surface area contributed by atoms with Gasteiger partial charge in [0.15, 0.2) is 25.8 Å². The fourth-order valence-electron chi connectivity index (χ4n) is 9.74. The Bertz CT molecular complexity index is 3510. The summed E-state index contributed by atoms with van der Waals surface area (Å²) in [7, 11) is 4.07. The number of hydrogen-bond donors (Lipinski definition) is 5. The first-order chi connectivity index (χ1) is 38.3. The van der Waals surface area contributed by atoms with E-state index in [0.29, 0.717) is 25.8 Å². The Hall–Kier alpha value is -6.14. The van der Waals surface area contributed by atoms with Crippen molar-refractivity contribution >= 4 is 143 Å². The second-order valence-electron chi connectivity index (χ2n) is 18.9. The van der Waals surface area contributed by atoms with Crippen LogP contribution < -0.4 is 4.90 Å². The zero-order valence-corrected chi connectivity index (χ0v) is 48.6. The largest absolute Gasteiger partial charge is 0.378 e. The van der Waals surface area contributed by atoms with E-state index in [2.05, 4.69) is 54.1 Å². The molecule has 5 aromatic rings. The standard InChI is InChI=1S/C13H16N4S.C11H10ClN3S.C11H10FN3S.C10H8ClN3S.C10H9N3S/c1-16(2)9-4-5-10-11(8-9)18-13(14)17-7-3-6-15-12(10)17;12-7-2-3-9-8(6-7)10-14-4-1-5-15(10)11(13)16-9;12-7-2-3-8-9(6-7)16-11(13)15-5-1-4-14-10(8)15;11-6-1-2-8-7(5-6)9-13-3-4-14(9)10(12)15-8;11-10-13-6-5-12-9(13)7-3-1-2-4-8(7)14-10/h4-5,8,14H,3,6-7H2,1-2H3;2*2-3,6,13H,1,4-5H2;1-2,5,12H,3-4H2;1-4,11H,5-6H2. The lowest BCUT2D eigenvalue weighted by Gasteiger charge is -2.34. The number of nitrogens with zero attached hydrogens (tertiary/aromatic N) is 11. The Morgan fingerprint density at radius 3 is 1.24 bits per heavy atom. The quantitative estimate of drug-likeness (QED) is 0.107. The lowest BCUT2D eigenvalue weighted by atomic mass is 10.1. The van der Waals surface area contributed by atoms with Gasteiger partial charge >= 0.3 is 0 Å². The number of aliphatic imine (C=N–C) groups is 5. The van der Waals surface area contributed by atoms with Crippen molar-refractivity contribution in [3.8, 4) is 0 Å². The van der Waals surface area contributed by atoms with Crippen molar-refractivity contribution in [1.82, 2.24) is 24.5 Å². The normalized spacial score (nSPS) is 18.7. The second-order valence-corrected chi connectivity index (χ2v) is 24.9. The van der Waals surface area contributed by atoms with Crippen LogP contribution in [0.25, 0.3) is 0 Å². The number of fused-ring (bicyclic) bond motifs is 15. The molecule has 0 amide bonds. The van der Waals surface area contributed by atoms with Crippen molar-refractivity contribution in [2.75, 3.05) is 84.4 Å². The summed E-state index contributed by atoms with van der Waals surface area (Å²) in [5, 5.41) is 43.9. The van der Waals surface area contributed by atoms with Crippen LogP contribution in [0.1, 0.15) is 47.1 Å². The predicted octanol–water partition coefficient (Wildman–Crippen LogP) is 11.6. The minimum Gasteiger partial charge on any atom is -0.378 e. The van der Waals surface area contributed by atoms with Crippen LogP contribution in [-0.4, -0.2) is 159 Å². The zero-order chi connectivity index (χ0) is 54.9. The van der Waals surface area contributed by atoms with Gasteiger partial charge in [0.1, 0.15) is 35.0 Å². The first-order valence-corrected chi connectivity index (χ1v) is 30.4. The van der Waals surface area contributed by atoms with Gasteiger partial charge in [-0.3, -0.25) is 52.0 Å². The van der Waals surface area contributed by atoms with Gasteiger partial charge in [0.25, 0.3) is 0 Å². The zero-order valence-electron chi connectivity index (χ0n) is 43.0. The molecule has 79 heavy (non-hydrogen) atoms. The summed E-state index contributed by atoms with van der Waals surface area (Å²) in [5.41, 5.74) is 6.57. The van der Waals surface area contributed by atoms with Gasteiger partial charge in [0.05, 0.1) is 13.1 Å². The van der Waals surface area contributed by atoms with E-state index < -0.39 is 0 Å². The fraction of sp³-hybridized carbons (Fsp3) is 0.273. The lowest BCUT2D eigenvalue weighted by Crippen LogP contribution is -2.42. The molecular formula is C55H53Cl2FN16S5. The summed E-state index contributed by atoms with van der Waals surface area (Å²) in [6.45, 7) is 8.39. The summed E-state index contributed by atoms with van der Waals surface area (Å²) < 4.78 is 13.1. The Labute approximate surface area is 489 Å². The van der Waals surface area contributed by atoms with Crippen molar-refractivity contribution in [2.45, 2.75) is 43.7 Å². The molecule has 5 aromatic carbocycles. The molecule has 10 heterocycles. The highest BCUT2D eigenvalue weighted by molar-refractivity contribution is 8.15. The maximum Gasteiger partial charge on any atom is 0.167 e. The summed E-state index contributed by atoms with van der Waals surface area (Å²) in [4.78, 5) is 39.5. The maximum absolute atomic E-state index is 13.1. The van der Waals surface area contributed by atoms with E-state index in [9.17, 15) is 4.39 Å². The summed E-state index contributed by atoms with van der Waals surface area (Å²) in [5.74, 6) is 4.33. The average molecular weight is 1190 g/mol. The number of thioether (sulfide) groups is 5. The van der Waals surface area contributed by atoms with Crippen molar-refractivity contribution in [2.24, 2.45) is 25.0 Å². The van der Waals surface area contributed by atoms with Gasteiger partial charge in [0, 0.05) is 134 Å². The van der Waals surface area contributed by atoms with Gasteiger partial charge in [-0.05, 0) is 98.1 Å². The van der Waals surface area contributed by atoms with Gasteiger partial charge in [-0.15, -0.1) is 0 Å². The molecule has 5 N–H and O–H groups in total. The molecule has 0 atom stereocenters. The number of benzene rings is 5. The van der Waals surface area contributed by atoms with Crippen LogP contribution in [0.2, 0.25) is 10.0 Å². The Balaban J connectivity index is 0.000000105. The van der Waals surface area contributed by atoms with Crippen LogP contribution in [0.3, 0.4) is 0 Å². The number of anilines is 1. The van der Waals surface area contributed by atoms with Crippen LogP contribution >= 0.6 is 82.0 Å². The number of hydrogen-bond acceptors (Lipinski definition) is 16. The Morgan fingerprint density at radius 1 is 0.405 bits per heavy atom.